The lowest BCUT2D eigenvalue weighted by molar-refractivity contribution is -0.466. The van der Waals surface area contributed by atoms with Crippen LogP contribution in [0, 0.1) is 29.1 Å². The standard InChI is InChI=1S/C23H44O3/c1-8-9-12-24-23(15-19(5)14-22(6,7)16-23)26-25-21-13-18(4)10-11-20(21)17(2)3/h17-21H,8-16H2,1-7H3. The van der Waals surface area contributed by atoms with Gasteiger partial charge in [0, 0.05) is 12.8 Å². The van der Waals surface area contributed by atoms with E-state index in [9.17, 15) is 0 Å². The smallest absolute Gasteiger partial charge is 0.202 e. The molecule has 0 N–H and O–H groups in total. The summed E-state index contributed by atoms with van der Waals surface area (Å²) in [5, 5.41) is 0. The van der Waals surface area contributed by atoms with Gasteiger partial charge in [0.15, 0.2) is 0 Å². The molecule has 0 radical (unpaired) electrons. The summed E-state index contributed by atoms with van der Waals surface area (Å²) in [7, 11) is 0. The molecule has 3 nitrogen and oxygen atoms in total. The van der Waals surface area contributed by atoms with Gasteiger partial charge < -0.3 is 4.74 Å². The molecule has 2 rings (SSSR count). The molecular weight excluding hydrogens is 324 g/mol. The third-order valence-electron chi connectivity index (χ3n) is 6.46. The van der Waals surface area contributed by atoms with E-state index in [1.807, 2.05) is 0 Å². The molecule has 2 aliphatic carbocycles. The Balaban J connectivity index is 2.07. The highest BCUT2D eigenvalue weighted by Crippen LogP contribution is 2.47. The molecule has 154 valence electrons. The van der Waals surface area contributed by atoms with Gasteiger partial charge in [0.25, 0.3) is 0 Å². The van der Waals surface area contributed by atoms with E-state index in [4.69, 9.17) is 14.5 Å². The van der Waals surface area contributed by atoms with E-state index in [1.165, 1.54) is 19.3 Å². The van der Waals surface area contributed by atoms with E-state index in [1.54, 1.807) is 0 Å². The molecule has 0 aromatic carbocycles. The van der Waals surface area contributed by atoms with Crippen molar-refractivity contribution in [1.29, 1.82) is 0 Å². The second-order valence-corrected chi connectivity index (χ2v) is 10.5. The largest absolute Gasteiger partial charge is 0.347 e. The Hall–Kier alpha value is -0.120. The zero-order chi connectivity index (χ0) is 19.4. The van der Waals surface area contributed by atoms with Crippen LogP contribution >= 0.6 is 0 Å². The number of hydrogen-bond acceptors (Lipinski definition) is 3. The fourth-order valence-corrected chi connectivity index (χ4v) is 5.39. The van der Waals surface area contributed by atoms with Crippen molar-refractivity contribution in [3.05, 3.63) is 0 Å². The van der Waals surface area contributed by atoms with Gasteiger partial charge in [-0.25, -0.2) is 9.78 Å². The van der Waals surface area contributed by atoms with Crippen molar-refractivity contribution in [3.8, 4) is 0 Å². The molecule has 0 amide bonds. The first kappa shape index (κ1) is 22.2. The van der Waals surface area contributed by atoms with Crippen molar-refractivity contribution >= 4 is 0 Å². The molecule has 0 aromatic heterocycles. The maximum atomic E-state index is 6.38. The Morgan fingerprint density at radius 2 is 1.77 bits per heavy atom. The minimum absolute atomic E-state index is 0.200. The zero-order valence-corrected chi connectivity index (χ0v) is 18.5. The van der Waals surface area contributed by atoms with Gasteiger partial charge in [0.2, 0.25) is 5.79 Å². The maximum absolute atomic E-state index is 6.38. The van der Waals surface area contributed by atoms with Gasteiger partial charge in [-0.2, -0.15) is 0 Å². The Bertz CT molecular complexity index is 420. The SMILES string of the molecule is CCCCOC1(OOC2CC(C)CCC2C(C)C)CC(C)CC(C)(C)C1. The molecule has 0 spiro atoms. The van der Waals surface area contributed by atoms with Crippen molar-refractivity contribution in [2.24, 2.45) is 29.1 Å². The Morgan fingerprint density at radius 3 is 2.38 bits per heavy atom. The van der Waals surface area contributed by atoms with Gasteiger partial charge in [-0.15, -0.1) is 0 Å². The number of rotatable bonds is 8. The monoisotopic (exact) mass is 368 g/mol. The summed E-state index contributed by atoms with van der Waals surface area (Å²) in [6.07, 6.45) is 9.17. The average Bonchev–Trinajstić information content (AvgIpc) is 2.51. The van der Waals surface area contributed by atoms with Gasteiger partial charge in [-0.1, -0.05) is 61.3 Å². The van der Waals surface area contributed by atoms with Gasteiger partial charge >= 0.3 is 0 Å². The molecule has 5 atom stereocenters. The summed E-state index contributed by atoms with van der Waals surface area (Å²) in [6.45, 7) is 16.9. The Labute approximate surface area is 162 Å². The summed E-state index contributed by atoms with van der Waals surface area (Å²) in [6, 6.07) is 0. The van der Waals surface area contributed by atoms with Crippen molar-refractivity contribution in [3.63, 3.8) is 0 Å². The van der Waals surface area contributed by atoms with E-state index in [-0.39, 0.29) is 11.5 Å². The van der Waals surface area contributed by atoms with Crippen LogP contribution < -0.4 is 0 Å². The summed E-state index contributed by atoms with van der Waals surface area (Å²) >= 11 is 0. The first-order valence-corrected chi connectivity index (χ1v) is 11.1. The third kappa shape index (κ3) is 6.21. The topological polar surface area (TPSA) is 27.7 Å². The fraction of sp³-hybridized carbons (Fsp3) is 1.00. The van der Waals surface area contributed by atoms with Crippen molar-refractivity contribution in [2.75, 3.05) is 6.61 Å². The molecule has 0 heterocycles. The van der Waals surface area contributed by atoms with Crippen LogP contribution in [0.15, 0.2) is 0 Å². The van der Waals surface area contributed by atoms with Crippen LogP contribution in [0.25, 0.3) is 0 Å². The van der Waals surface area contributed by atoms with Crippen molar-refractivity contribution in [1.82, 2.24) is 0 Å². The molecule has 2 saturated carbocycles. The lowest BCUT2D eigenvalue weighted by Crippen LogP contribution is -2.48. The summed E-state index contributed by atoms with van der Waals surface area (Å²) in [5.41, 5.74) is 0.227. The molecule has 2 fully saturated rings. The third-order valence-corrected chi connectivity index (χ3v) is 6.46. The van der Waals surface area contributed by atoms with Crippen LogP contribution in [0.2, 0.25) is 0 Å². The summed E-state index contributed by atoms with van der Waals surface area (Å²) in [5.74, 6) is 1.97. The van der Waals surface area contributed by atoms with Crippen LogP contribution in [0.5, 0.6) is 0 Å². The molecule has 0 aromatic rings. The molecule has 26 heavy (non-hydrogen) atoms. The lowest BCUT2D eigenvalue weighted by atomic mass is 9.70. The summed E-state index contributed by atoms with van der Waals surface area (Å²) in [4.78, 5) is 12.5. The second-order valence-electron chi connectivity index (χ2n) is 10.5. The van der Waals surface area contributed by atoms with Crippen LogP contribution in [-0.4, -0.2) is 18.5 Å². The van der Waals surface area contributed by atoms with Crippen molar-refractivity contribution in [2.45, 2.75) is 112 Å². The first-order valence-electron chi connectivity index (χ1n) is 11.1. The highest BCUT2D eigenvalue weighted by Gasteiger charge is 2.47. The van der Waals surface area contributed by atoms with Crippen LogP contribution in [0.3, 0.4) is 0 Å². The normalized spacial score (nSPS) is 37.8. The van der Waals surface area contributed by atoms with E-state index in [2.05, 4.69) is 48.5 Å². The van der Waals surface area contributed by atoms with Gasteiger partial charge in [0.05, 0.1) is 12.7 Å². The second kappa shape index (κ2) is 9.39. The molecular formula is C23H44O3. The molecule has 5 unspecified atom stereocenters. The highest BCUT2D eigenvalue weighted by atomic mass is 17.2. The van der Waals surface area contributed by atoms with E-state index in [0.717, 1.165) is 44.6 Å². The predicted molar refractivity (Wildman–Crippen MR) is 108 cm³/mol. The number of ether oxygens (including phenoxy) is 1. The van der Waals surface area contributed by atoms with Gasteiger partial charge in [0.1, 0.15) is 0 Å². The molecule has 2 aliphatic rings. The lowest BCUT2D eigenvalue weighted by Gasteiger charge is -2.47. The minimum atomic E-state index is -0.571. The maximum Gasteiger partial charge on any atom is 0.202 e. The number of unbranched alkanes of at least 4 members (excludes halogenated alkanes) is 1. The molecule has 0 aliphatic heterocycles. The predicted octanol–water partition coefficient (Wildman–Crippen LogP) is 6.75. The Kier molecular flexibility index (Phi) is 8.00. The van der Waals surface area contributed by atoms with Crippen molar-refractivity contribution < 1.29 is 14.5 Å². The van der Waals surface area contributed by atoms with E-state index in [0.29, 0.717) is 17.8 Å². The highest BCUT2D eigenvalue weighted by molar-refractivity contribution is 4.89. The fourth-order valence-electron chi connectivity index (χ4n) is 5.39. The van der Waals surface area contributed by atoms with Gasteiger partial charge in [-0.05, 0) is 54.8 Å². The Morgan fingerprint density at radius 1 is 1.04 bits per heavy atom. The van der Waals surface area contributed by atoms with E-state index >= 15 is 0 Å². The molecule has 0 bridgehead atoms. The minimum Gasteiger partial charge on any atom is -0.347 e. The zero-order valence-electron chi connectivity index (χ0n) is 18.5. The molecule has 3 heteroatoms. The summed E-state index contributed by atoms with van der Waals surface area (Å²) < 4.78 is 6.38. The molecule has 0 saturated heterocycles. The number of hydrogen-bond donors (Lipinski definition) is 0. The van der Waals surface area contributed by atoms with Crippen LogP contribution in [0.1, 0.15) is 99.8 Å². The van der Waals surface area contributed by atoms with Crippen LogP contribution in [-0.2, 0) is 14.5 Å². The van der Waals surface area contributed by atoms with Crippen LogP contribution in [0.4, 0.5) is 0 Å². The first-order chi connectivity index (χ1) is 12.2. The van der Waals surface area contributed by atoms with E-state index < -0.39 is 5.79 Å². The average molecular weight is 369 g/mol. The van der Waals surface area contributed by atoms with Gasteiger partial charge in [-0.3, -0.25) is 0 Å². The quantitative estimate of drug-likeness (QED) is 0.205.